The van der Waals surface area contributed by atoms with Gasteiger partial charge in [-0.05, 0) is 6.54 Å². The van der Waals surface area contributed by atoms with Gasteiger partial charge in [-0.2, -0.15) is 0 Å². The molecule has 0 aliphatic rings. The normalized spacial score (nSPS) is 10.1. The Hall–Kier alpha value is -0.650. The van der Waals surface area contributed by atoms with Gasteiger partial charge in [0.2, 0.25) is 5.91 Å². The molecule has 0 spiro atoms. The molecule has 0 aliphatic heterocycles. The topological polar surface area (TPSA) is 59.6 Å². The molecular formula is C9H20N2O3. The van der Waals surface area contributed by atoms with E-state index in [1.165, 1.54) is 0 Å². The molecule has 0 heterocycles. The number of hydrogen-bond donors (Lipinski definition) is 2. The summed E-state index contributed by atoms with van der Waals surface area (Å²) in [4.78, 5) is 11.0. The Kier molecular flexibility index (Phi) is 9.95. The molecule has 0 bridgehead atoms. The van der Waals surface area contributed by atoms with Gasteiger partial charge in [-0.15, -0.1) is 0 Å². The molecule has 0 saturated carbocycles. The summed E-state index contributed by atoms with van der Waals surface area (Å²) in [6.45, 7) is 5.37. The zero-order valence-electron chi connectivity index (χ0n) is 8.97. The molecular weight excluding hydrogens is 184 g/mol. The summed E-state index contributed by atoms with van der Waals surface area (Å²) in [6, 6.07) is 0. The summed E-state index contributed by atoms with van der Waals surface area (Å²) < 4.78 is 9.97. The van der Waals surface area contributed by atoms with Crippen LogP contribution in [0.1, 0.15) is 6.92 Å². The predicted molar refractivity (Wildman–Crippen MR) is 54.2 cm³/mol. The quantitative estimate of drug-likeness (QED) is 0.491. The zero-order chi connectivity index (χ0) is 10.6. The van der Waals surface area contributed by atoms with Crippen LogP contribution in [0.25, 0.3) is 0 Å². The second-order valence-corrected chi connectivity index (χ2v) is 2.74. The van der Waals surface area contributed by atoms with Gasteiger partial charge in [0.1, 0.15) is 0 Å². The second kappa shape index (κ2) is 10.4. The molecule has 0 aromatic heterocycles. The van der Waals surface area contributed by atoms with Gasteiger partial charge in [-0.3, -0.25) is 4.79 Å². The summed E-state index contributed by atoms with van der Waals surface area (Å²) in [5.41, 5.74) is 0. The SMILES string of the molecule is CCNCC(=O)NCCOCCOC. The third-order valence-electron chi connectivity index (χ3n) is 1.54. The van der Waals surface area contributed by atoms with Gasteiger partial charge in [-0.1, -0.05) is 6.92 Å². The molecule has 84 valence electrons. The van der Waals surface area contributed by atoms with Crippen molar-refractivity contribution in [3.63, 3.8) is 0 Å². The van der Waals surface area contributed by atoms with E-state index in [9.17, 15) is 4.79 Å². The van der Waals surface area contributed by atoms with E-state index in [2.05, 4.69) is 10.6 Å². The standard InChI is InChI=1S/C9H20N2O3/c1-3-10-8-9(12)11-4-5-14-7-6-13-2/h10H,3-8H2,1-2H3,(H,11,12). The Morgan fingerprint density at radius 3 is 2.71 bits per heavy atom. The van der Waals surface area contributed by atoms with Crippen LogP contribution in [-0.2, 0) is 14.3 Å². The van der Waals surface area contributed by atoms with Gasteiger partial charge in [0.05, 0.1) is 26.4 Å². The largest absolute Gasteiger partial charge is 0.382 e. The lowest BCUT2D eigenvalue weighted by Gasteiger charge is -2.06. The van der Waals surface area contributed by atoms with E-state index in [-0.39, 0.29) is 5.91 Å². The van der Waals surface area contributed by atoms with E-state index < -0.39 is 0 Å². The molecule has 0 fully saturated rings. The first-order valence-electron chi connectivity index (χ1n) is 4.85. The lowest BCUT2D eigenvalue weighted by molar-refractivity contribution is -0.120. The smallest absolute Gasteiger partial charge is 0.234 e. The first-order chi connectivity index (χ1) is 6.81. The molecule has 0 aromatic carbocycles. The van der Waals surface area contributed by atoms with Crippen LogP contribution in [0.5, 0.6) is 0 Å². The predicted octanol–water partition coefficient (Wildman–Crippen LogP) is -0.625. The van der Waals surface area contributed by atoms with Crippen LogP contribution in [0, 0.1) is 0 Å². The van der Waals surface area contributed by atoms with Crippen LogP contribution < -0.4 is 10.6 Å². The number of hydrogen-bond acceptors (Lipinski definition) is 4. The number of rotatable bonds is 9. The number of likely N-dealkylation sites (N-methyl/N-ethyl adjacent to an activating group) is 1. The Labute approximate surface area is 85.1 Å². The monoisotopic (exact) mass is 204 g/mol. The van der Waals surface area contributed by atoms with Crippen LogP contribution in [0.4, 0.5) is 0 Å². The van der Waals surface area contributed by atoms with Crippen molar-refractivity contribution in [1.82, 2.24) is 10.6 Å². The Morgan fingerprint density at radius 1 is 1.29 bits per heavy atom. The van der Waals surface area contributed by atoms with Crippen LogP contribution >= 0.6 is 0 Å². The maximum absolute atomic E-state index is 11.0. The van der Waals surface area contributed by atoms with Crippen molar-refractivity contribution in [2.45, 2.75) is 6.92 Å². The highest BCUT2D eigenvalue weighted by Gasteiger charge is 1.97. The molecule has 0 radical (unpaired) electrons. The van der Waals surface area contributed by atoms with E-state index in [1.807, 2.05) is 6.92 Å². The zero-order valence-corrected chi connectivity index (χ0v) is 8.97. The van der Waals surface area contributed by atoms with Crippen molar-refractivity contribution in [3.05, 3.63) is 0 Å². The first kappa shape index (κ1) is 13.4. The van der Waals surface area contributed by atoms with Gasteiger partial charge < -0.3 is 20.1 Å². The number of amides is 1. The fourth-order valence-electron chi connectivity index (χ4n) is 0.808. The maximum atomic E-state index is 11.0. The minimum Gasteiger partial charge on any atom is -0.382 e. The number of methoxy groups -OCH3 is 1. The minimum atomic E-state index is 0.00203. The summed E-state index contributed by atoms with van der Waals surface area (Å²) in [5.74, 6) is 0.00203. The lowest BCUT2D eigenvalue weighted by atomic mass is 10.5. The minimum absolute atomic E-state index is 0.00203. The van der Waals surface area contributed by atoms with E-state index in [0.29, 0.717) is 32.9 Å². The van der Waals surface area contributed by atoms with Gasteiger partial charge in [0.15, 0.2) is 0 Å². The Morgan fingerprint density at radius 2 is 2.07 bits per heavy atom. The van der Waals surface area contributed by atoms with E-state index in [0.717, 1.165) is 6.54 Å². The van der Waals surface area contributed by atoms with Crippen molar-refractivity contribution in [2.24, 2.45) is 0 Å². The van der Waals surface area contributed by atoms with Gasteiger partial charge in [-0.25, -0.2) is 0 Å². The fourth-order valence-corrected chi connectivity index (χ4v) is 0.808. The summed E-state index contributed by atoms with van der Waals surface area (Å²) >= 11 is 0. The van der Waals surface area contributed by atoms with Crippen molar-refractivity contribution in [1.29, 1.82) is 0 Å². The van der Waals surface area contributed by atoms with Crippen molar-refractivity contribution in [3.8, 4) is 0 Å². The van der Waals surface area contributed by atoms with Crippen molar-refractivity contribution in [2.75, 3.05) is 46.6 Å². The highest BCUT2D eigenvalue weighted by atomic mass is 16.5. The average molecular weight is 204 g/mol. The summed E-state index contributed by atoms with van der Waals surface area (Å²) in [6.07, 6.45) is 0. The van der Waals surface area contributed by atoms with Gasteiger partial charge in [0, 0.05) is 13.7 Å². The summed E-state index contributed by atoms with van der Waals surface area (Å²) in [7, 11) is 1.63. The molecule has 0 unspecified atom stereocenters. The molecule has 2 N–H and O–H groups in total. The third kappa shape index (κ3) is 9.44. The second-order valence-electron chi connectivity index (χ2n) is 2.74. The molecule has 0 atom stereocenters. The van der Waals surface area contributed by atoms with Gasteiger partial charge in [0.25, 0.3) is 0 Å². The molecule has 0 saturated heterocycles. The maximum Gasteiger partial charge on any atom is 0.234 e. The van der Waals surface area contributed by atoms with Crippen LogP contribution in [0.15, 0.2) is 0 Å². The molecule has 0 aliphatic carbocycles. The highest BCUT2D eigenvalue weighted by molar-refractivity contribution is 5.77. The molecule has 0 rings (SSSR count). The molecule has 5 heteroatoms. The number of ether oxygens (including phenoxy) is 2. The van der Waals surface area contributed by atoms with E-state index in [4.69, 9.17) is 9.47 Å². The van der Waals surface area contributed by atoms with Crippen LogP contribution in [0.3, 0.4) is 0 Å². The van der Waals surface area contributed by atoms with Crippen LogP contribution in [-0.4, -0.2) is 52.5 Å². The van der Waals surface area contributed by atoms with Crippen LogP contribution in [0.2, 0.25) is 0 Å². The Bertz CT molecular complexity index is 142. The number of nitrogens with one attached hydrogen (secondary N) is 2. The lowest BCUT2D eigenvalue weighted by Crippen LogP contribution is -2.35. The molecule has 1 amide bonds. The average Bonchev–Trinajstić information content (AvgIpc) is 2.20. The number of carbonyl (C=O) groups is 1. The van der Waals surface area contributed by atoms with Crippen molar-refractivity contribution < 1.29 is 14.3 Å². The van der Waals surface area contributed by atoms with E-state index in [1.54, 1.807) is 7.11 Å². The van der Waals surface area contributed by atoms with Gasteiger partial charge >= 0.3 is 0 Å². The molecule has 14 heavy (non-hydrogen) atoms. The van der Waals surface area contributed by atoms with Crippen molar-refractivity contribution >= 4 is 5.91 Å². The Balaban J connectivity index is 3.07. The van der Waals surface area contributed by atoms with E-state index >= 15 is 0 Å². The highest BCUT2D eigenvalue weighted by Crippen LogP contribution is 1.74. The number of carbonyl (C=O) groups excluding carboxylic acids is 1. The third-order valence-corrected chi connectivity index (χ3v) is 1.54. The molecule has 0 aromatic rings. The fraction of sp³-hybridized carbons (Fsp3) is 0.889. The molecule has 5 nitrogen and oxygen atoms in total. The first-order valence-corrected chi connectivity index (χ1v) is 4.85. The summed E-state index contributed by atoms with van der Waals surface area (Å²) in [5, 5.41) is 5.66.